The molecule has 1 saturated carbocycles. The fraction of sp³-hybridized carbons (Fsp3) is 0.727. The van der Waals surface area contributed by atoms with Crippen LogP contribution in [-0.2, 0) is 6.54 Å². The van der Waals surface area contributed by atoms with Crippen molar-refractivity contribution >= 4 is 0 Å². The van der Waals surface area contributed by atoms with Crippen molar-refractivity contribution in [2.45, 2.75) is 51.1 Å². The Balaban J connectivity index is 1.60. The fourth-order valence-corrected chi connectivity index (χ4v) is 4.69. The van der Waals surface area contributed by atoms with Crippen LogP contribution in [0.5, 0.6) is 11.5 Å². The van der Waals surface area contributed by atoms with Crippen molar-refractivity contribution in [3.63, 3.8) is 0 Å². The van der Waals surface area contributed by atoms with Crippen LogP contribution >= 0.6 is 0 Å². The normalized spacial score (nSPS) is 22.7. The van der Waals surface area contributed by atoms with Crippen LogP contribution in [0.2, 0.25) is 0 Å². The Morgan fingerprint density at radius 2 is 1.89 bits per heavy atom. The number of piperazine rings is 1. The van der Waals surface area contributed by atoms with Crippen LogP contribution in [0.3, 0.4) is 0 Å². The summed E-state index contributed by atoms with van der Waals surface area (Å²) in [5, 5.41) is 9.58. The summed E-state index contributed by atoms with van der Waals surface area (Å²) in [7, 11) is 3.40. The molecule has 5 heteroatoms. The Bertz CT molecular complexity index is 575. The van der Waals surface area contributed by atoms with Gasteiger partial charge in [-0.2, -0.15) is 0 Å². The van der Waals surface area contributed by atoms with Crippen molar-refractivity contribution in [3.8, 4) is 11.5 Å². The van der Waals surface area contributed by atoms with E-state index in [4.69, 9.17) is 9.47 Å². The summed E-state index contributed by atoms with van der Waals surface area (Å²) in [4.78, 5) is 5.15. The molecule has 0 aromatic heterocycles. The van der Waals surface area contributed by atoms with Crippen LogP contribution in [0.4, 0.5) is 0 Å². The molecule has 152 valence electrons. The van der Waals surface area contributed by atoms with Gasteiger partial charge < -0.3 is 14.6 Å². The maximum absolute atomic E-state index is 9.58. The highest BCUT2D eigenvalue weighted by Gasteiger charge is 2.29. The lowest BCUT2D eigenvalue weighted by atomic mass is 9.88. The van der Waals surface area contributed by atoms with Crippen LogP contribution in [0.1, 0.15) is 44.1 Å². The highest BCUT2D eigenvalue weighted by atomic mass is 16.5. The molecule has 27 heavy (non-hydrogen) atoms. The van der Waals surface area contributed by atoms with E-state index in [0.29, 0.717) is 6.04 Å². The van der Waals surface area contributed by atoms with E-state index in [1.54, 1.807) is 14.2 Å². The first kappa shape index (κ1) is 20.4. The van der Waals surface area contributed by atoms with E-state index >= 15 is 0 Å². The summed E-state index contributed by atoms with van der Waals surface area (Å²) >= 11 is 0. The topological polar surface area (TPSA) is 45.2 Å². The van der Waals surface area contributed by atoms with Gasteiger partial charge in [-0.1, -0.05) is 25.3 Å². The number of benzene rings is 1. The van der Waals surface area contributed by atoms with Crippen LogP contribution in [0, 0.1) is 5.92 Å². The van der Waals surface area contributed by atoms with Gasteiger partial charge in [-0.05, 0) is 31.2 Å². The molecule has 1 saturated heterocycles. The molecule has 2 fully saturated rings. The van der Waals surface area contributed by atoms with Crippen molar-refractivity contribution in [3.05, 3.63) is 23.8 Å². The van der Waals surface area contributed by atoms with Gasteiger partial charge in [0.2, 0.25) is 0 Å². The second-order valence-electron chi connectivity index (χ2n) is 8.08. The third-order valence-corrected chi connectivity index (χ3v) is 6.26. The van der Waals surface area contributed by atoms with Crippen molar-refractivity contribution in [2.75, 3.05) is 47.0 Å². The van der Waals surface area contributed by atoms with Gasteiger partial charge in [-0.25, -0.2) is 0 Å². The lowest BCUT2D eigenvalue weighted by Crippen LogP contribution is -2.54. The highest BCUT2D eigenvalue weighted by molar-refractivity contribution is 5.40. The molecule has 0 unspecified atom stereocenters. The molecule has 1 aromatic rings. The first-order valence-corrected chi connectivity index (χ1v) is 10.5. The minimum atomic E-state index is 0.269. The number of rotatable bonds is 8. The SMILES string of the molecule is COc1ccc(CN2CCN(CC3CCCCC3)[C@@H](CCO)C2)c(OC)c1. The molecular weight excluding hydrogens is 340 g/mol. The molecule has 1 aliphatic heterocycles. The van der Waals surface area contributed by atoms with Crippen LogP contribution < -0.4 is 9.47 Å². The van der Waals surface area contributed by atoms with Gasteiger partial charge in [-0.15, -0.1) is 0 Å². The van der Waals surface area contributed by atoms with E-state index in [-0.39, 0.29) is 6.61 Å². The number of hydrogen-bond acceptors (Lipinski definition) is 5. The molecule has 1 aromatic carbocycles. The van der Waals surface area contributed by atoms with Crippen molar-refractivity contribution < 1.29 is 14.6 Å². The Morgan fingerprint density at radius 3 is 2.59 bits per heavy atom. The molecule has 0 bridgehead atoms. The number of nitrogens with zero attached hydrogens (tertiary/aromatic N) is 2. The van der Waals surface area contributed by atoms with Crippen molar-refractivity contribution in [2.24, 2.45) is 5.92 Å². The first-order chi connectivity index (χ1) is 13.2. The fourth-order valence-electron chi connectivity index (χ4n) is 4.69. The van der Waals surface area contributed by atoms with Crippen molar-refractivity contribution in [1.29, 1.82) is 0 Å². The molecule has 1 N–H and O–H groups in total. The Morgan fingerprint density at radius 1 is 1.07 bits per heavy atom. The number of aliphatic hydroxyl groups is 1. The molecular formula is C22H36N2O3. The molecule has 3 rings (SSSR count). The second-order valence-corrected chi connectivity index (χ2v) is 8.08. The molecule has 0 amide bonds. The maximum Gasteiger partial charge on any atom is 0.127 e. The summed E-state index contributed by atoms with van der Waals surface area (Å²) in [6, 6.07) is 6.52. The summed E-state index contributed by atoms with van der Waals surface area (Å²) in [5.74, 6) is 2.57. The number of aliphatic hydroxyl groups excluding tert-OH is 1. The zero-order chi connectivity index (χ0) is 19.1. The third-order valence-electron chi connectivity index (χ3n) is 6.26. The smallest absolute Gasteiger partial charge is 0.127 e. The summed E-state index contributed by atoms with van der Waals surface area (Å²) in [5.41, 5.74) is 1.20. The van der Waals surface area contributed by atoms with Gasteiger partial charge in [0, 0.05) is 57.0 Å². The van der Waals surface area contributed by atoms with Gasteiger partial charge in [0.1, 0.15) is 11.5 Å². The Kier molecular flexibility index (Phi) is 7.80. The molecule has 0 radical (unpaired) electrons. The Labute approximate surface area is 164 Å². The predicted octanol–water partition coefficient (Wildman–Crippen LogP) is 3.15. The predicted molar refractivity (Wildman–Crippen MR) is 108 cm³/mol. The van der Waals surface area contributed by atoms with E-state index in [0.717, 1.165) is 50.0 Å². The summed E-state index contributed by atoms with van der Waals surface area (Å²) in [6.45, 7) is 5.55. The highest BCUT2D eigenvalue weighted by Crippen LogP contribution is 2.29. The third kappa shape index (κ3) is 5.59. The lowest BCUT2D eigenvalue weighted by Gasteiger charge is -2.43. The number of hydrogen-bond donors (Lipinski definition) is 1. The average Bonchev–Trinajstić information content (AvgIpc) is 2.71. The van der Waals surface area contributed by atoms with E-state index in [1.165, 1.54) is 44.2 Å². The minimum Gasteiger partial charge on any atom is -0.497 e. The summed E-state index contributed by atoms with van der Waals surface area (Å²) in [6.07, 6.45) is 7.83. The standard InChI is InChI=1S/C22H36N2O3/c1-26-21-9-8-19(22(14-21)27-2)16-23-11-12-24(20(17-23)10-13-25)15-18-6-4-3-5-7-18/h8-9,14,18,20,25H,3-7,10-13,15-17H2,1-2H3/t20-/m0/s1. The van der Waals surface area contributed by atoms with Gasteiger partial charge >= 0.3 is 0 Å². The summed E-state index contributed by atoms with van der Waals surface area (Å²) < 4.78 is 10.9. The van der Waals surface area contributed by atoms with Gasteiger partial charge in [0.05, 0.1) is 14.2 Å². The molecule has 2 aliphatic rings. The largest absolute Gasteiger partial charge is 0.497 e. The second kappa shape index (κ2) is 10.3. The molecule has 1 heterocycles. The maximum atomic E-state index is 9.58. The van der Waals surface area contributed by atoms with Crippen molar-refractivity contribution in [1.82, 2.24) is 9.80 Å². The van der Waals surface area contributed by atoms with Gasteiger partial charge in [0.25, 0.3) is 0 Å². The van der Waals surface area contributed by atoms with Gasteiger partial charge in [-0.3, -0.25) is 9.80 Å². The molecule has 1 atom stereocenters. The molecule has 5 nitrogen and oxygen atoms in total. The van der Waals surface area contributed by atoms with E-state index < -0.39 is 0 Å². The zero-order valence-electron chi connectivity index (χ0n) is 17.0. The van der Waals surface area contributed by atoms with E-state index in [9.17, 15) is 5.11 Å². The number of methoxy groups -OCH3 is 2. The number of ether oxygens (including phenoxy) is 2. The molecule has 0 spiro atoms. The minimum absolute atomic E-state index is 0.269. The van der Waals surface area contributed by atoms with Crippen LogP contribution in [0.15, 0.2) is 18.2 Å². The first-order valence-electron chi connectivity index (χ1n) is 10.5. The van der Waals surface area contributed by atoms with Gasteiger partial charge in [0.15, 0.2) is 0 Å². The average molecular weight is 377 g/mol. The monoisotopic (exact) mass is 376 g/mol. The van der Waals surface area contributed by atoms with E-state index in [2.05, 4.69) is 15.9 Å². The lowest BCUT2D eigenvalue weighted by molar-refractivity contribution is 0.0397. The van der Waals surface area contributed by atoms with Crippen LogP contribution in [0.25, 0.3) is 0 Å². The van der Waals surface area contributed by atoms with Crippen LogP contribution in [-0.4, -0.2) is 68.0 Å². The molecule has 1 aliphatic carbocycles. The zero-order valence-corrected chi connectivity index (χ0v) is 17.0. The Hall–Kier alpha value is -1.30. The quantitative estimate of drug-likeness (QED) is 0.755. The van der Waals surface area contributed by atoms with E-state index in [1.807, 2.05) is 12.1 Å².